The van der Waals surface area contributed by atoms with Gasteiger partial charge in [-0.3, -0.25) is 9.58 Å². The van der Waals surface area contributed by atoms with Gasteiger partial charge in [-0.1, -0.05) is 0 Å². The summed E-state index contributed by atoms with van der Waals surface area (Å²) in [5.41, 5.74) is 0. The SMILES string of the molecule is CCOC(=O)N1CCN([C@H]2CCCN(CCCn3cccn3)C2)CC1. The average molecular weight is 349 g/mol. The van der Waals surface area contributed by atoms with E-state index in [0.29, 0.717) is 12.6 Å². The van der Waals surface area contributed by atoms with Crippen molar-refractivity contribution < 1.29 is 9.53 Å². The molecule has 0 aliphatic carbocycles. The molecule has 25 heavy (non-hydrogen) atoms. The van der Waals surface area contributed by atoms with Crippen LogP contribution in [0.3, 0.4) is 0 Å². The zero-order chi connectivity index (χ0) is 17.5. The van der Waals surface area contributed by atoms with Crippen LogP contribution in [0.25, 0.3) is 0 Å². The predicted octanol–water partition coefficient (Wildman–Crippen LogP) is 1.51. The van der Waals surface area contributed by atoms with Gasteiger partial charge in [0.2, 0.25) is 0 Å². The van der Waals surface area contributed by atoms with Gasteiger partial charge in [-0.2, -0.15) is 5.10 Å². The van der Waals surface area contributed by atoms with E-state index in [-0.39, 0.29) is 6.09 Å². The van der Waals surface area contributed by atoms with Crippen LogP contribution in [0.2, 0.25) is 0 Å². The largest absolute Gasteiger partial charge is 0.450 e. The van der Waals surface area contributed by atoms with Gasteiger partial charge >= 0.3 is 6.09 Å². The van der Waals surface area contributed by atoms with Crippen LogP contribution in [-0.2, 0) is 11.3 Å². The van der Waals surface area contributed by atoms with Crippen LogP contribution >= 0.6 is 0 Å². The Morgan fingerprint density at radius 2 is 2.04 bits per heavy atom. The van der Waals surface area contributed by atoms with Crippen LogP contribution in [0.5, 0.6) is 0 Å². The number of nitrogens with zero attached hydrogens (tertiary/aromatic N) is 5. The number of carbonyl (C=O) groups is 1. The Kier molecular flexibility index (Phi) is 6.69. The molecule has 1 atom stereocenters. The van der Waals surface area contributed by atoms with E-state index in [1.54, 1.807) is 0 Å². The summed E-state index contributed by atoms with van der Waals surface area (Å²) < 4.78 is 7.12. The van der Waals surface area contributed by atoms with Crippen molar-refractivity contribution in [1.82, 2.24) is 24.5 Å². The van der Waals surface area contributed by atoms with Gasteiger partial charge in [0.1, 0.15) is 0 Å². The van der Waals surface area contributed by atoms with Crippen molar-refractivity contribution in [3.8, 4) is 0 Å². The monoisotopic (exact) mass is 349 g/mol. The first-order valence-corrected chi connectivity index (χ1v) is 9.62. The molecular formula is C18H31N5O2. The molecule has 2 saturated heterocycles. The second-order valence-electron chi connectivity index (χ2n) is 6.94. The molecule has 1 aromatic heterocycles. The molecule has 7 heteroatoms. The van der Waals surface area contributed by atoms with Crippen LogP contribution in [-0.4, -0.2) is 89.0 Å². The van der Waals surface area contributed by atoms with E-state index in [0.717, 1.165) is 52.2 Å². The third-order valence-electron chi connectivity index (χ3n) is 5.26. The van der Waals surface area contributed by atoms with Crippen molar-refractivity contribution >= 4 is 6.09 Å². The number of piperidine rings is 1. The van der Waals surface area contributed by atoms with Gasteiger partial charge in [-0.05, 0) is 45.3 Å². The number of carbonyl (C=O) groups excluding carboxylic acids is 1. The molecule has 0 aromatic carbocycles. The van der Waals surface area contributed by atoms with Crippen molar-refractivity contribution in [3.63, 3.8) is 0 Å². The fourth-order valence-corrected chi connectivity index (χ4v) is 3.91. The summed E-state index contributed by atoms with van der Waals surface area (Å²) in [6.45, 7) is 10.3. The maximum absolute atomic E-state index is 11.8. The third kappa shape index (κ3) is 5.19. The molecule has 0 bridgehead atoms. The Balaban J connectivity index is 1.39. The van der Waals surface area contributed by atoms with Crippen LogP contribution in [0.15, 0.2) is 18.5 Å². The molecule has 0 N–H and O–H groups in total. The van der Waals surface area contributed by atoms with E-state index in [4.69, 9.17) is 4.74 Å². The number of piperazine rings is 1. The summed E-state index contributed by atoms with van der Waals surface area (Å²) in [5, 5.41) is 4.27. The Hall–Kier alpha value is -1.60. The molecule has 3 rings (SSSR count). The van der Waals surface area contributed by atoms with Crippen molar-refractivity contribution in [2.24, 2.45) is 0 Å². The van der Waals surface area contributed by atoms with E-state index in [2.05, 4.69) is 14.9 Å². The average Bonchev–Trinajstić information content (AvgIpc) is 3.16. The van der Waals surface area contributed by atoms with Crippen LogP contribution < -0.4 is 0 Å². The van der Waals surface area contributed by atoms with E-state index in [9.17, 15) is 4.79 Å². The first-order chi connectivity index (χ1) is 12.3. The van der Waals surface area contributed by atoms with E-state index in [1.165, 1.54) is 19.4 Å². The van der Waals surface area contributed by atoms with E-state index < -0.39 is 0 Å². The lowest BCUT2D eigenvalue weighted by molar-refractivity contribution is 0.0423. The fraction of sp³-hybridized carbons (Fsp3) is 0.778. The minimum atomic E-state index is -0.161. The minimum Gasteiger partial charge on any atom is -0.450 e. The van der Waals surface area contributed by atoms with Gasteiger partial charge < -0.3 is 14.5 Å². The summed E-state index contributed by atoms with van der Waals surface area (Å²) in [6.07, 6.45) is 7.39. The molecule has 0 unspecified atom stereocenters. The lowest BCUT2D eigenvalue weighted by Crippen LogP contribution is -2.56. The van der Waals surface area contributed by atoms with Gasteiger partial charge in [0.25, 0.3) is 0 Å². The summed E-state index contributed by atoms with van der Waals surface area (Å²) >= 11 is 0. The van der Waals surface area contributed by atoms with Gasteiger partial charge in [0, 0.05) is 57.7 Å². The second kappa shape index (κ2) is 9.20. The Bertz CT molecular complexity index is 514. The summed E-state index contributed by atoms with van der Waals surface area (Å²) in [5.74, 6) is 0. The third-order valence-corrected chi connectivity index (χ3v) is 5.26. The number of aromatic nitrogens is 2. The summed E-state index contributed by atoms with van der Waals surface area (Å²) in [6, 6.07) is 2.61. The van der Waals surface area contributed by atoms with E-state index in [1.807, 2.05) is 35.0 Å². The Morgan fingerprint density at radius 1 is 1.20 bits per heavy atom. The lowest BCUT2D eigenvalue weighted by Gasteiger charge is -2.43. The number of hydrogen-bond donors (Lipinski definition) is 0. The molecule has 1 amide bonds. The van der Waals surface area contributed by atoms with Crippen molar-refractivity contribution in [3.05, 3.63) is 18.5 Å². The first-order valence-electron chi connectivity index (χ1n) is 9.62. The molecular weight excluding hydrogens is 318 g/mol. The van der Waals surface area contributed by atoms with Gasteiger partial charge in [0.15, 0.2) is 0 Å². The van der Waals surface area contributed by atoms with Gasteiger partial charge in [-0.15, -0.1) is 0 Å². The van der Waals surface area contributed by atoms with Crippen LogP contribution in [0.1, 0.15) is 26.2 Å². The number of hydrogen-bond acceptors (Lipinski definition) is 5. The first kappa shape index (κ1) is 18.2. The Morgan fingerprint density at radius 3 is 2.76 bits per heavy atom. The Labute approximate surface area is 150 Å². The quantitative estimate of drug-likeness (QED) is 0.779. The molecule has 140 valence electrons. The maximum Gasteiger partial charge on any atom is 0.409 e. The highest BCUT2D eigenvalue weighted by Gasteiger charge is 2.29. The summed E-state index contributed by atoms with van der Waals surface area (Å²) in [7, 11) is 0. The van der Waals surface area contributed by atoms with Gasteiger partial charge in [0.05, 0.1) is 6.61 Å². The van der Waals surface area contributed by atoms with Crippen molar-refractivity contribution in [1.29, 1.82) is 0 Å². The molecule has 1 aromatic rings. The highest BCUT2D eigenvalue weighted by molar-refractivity contribution is 5.67. The van der Waals surface area contributed by atoms with Crippen LogP contribution in [0.4, 0.5) is 4.79 Å². The molecule has 0 spiro atoms. The molecule has 2 aliphatic rings. The van der Waals surface area contributed by atoms with Gasteiger partial charge in [-0.25, -0.2) is 4.79 Å². The summed E-state index contributed by atoms with van der Waals surface area (Å²) in [4.78, 5) is 18.8. The zero-order valence-corrected chi connectivity index (χ0v) is 15.3. The minimum absolute atomic E-state index is 0.161. The smallest absolute Gasteiger partial charge is 0.409 e. The standard InChI is InChI=1S/C18H31N5O2/c1-2-25-18(24)22-14-12-21(13-15-22)17-6-3-8-20(16-17)9-5-11-23-10-4-7-19-23/h4,7,10,17H,2-3,5-6,8-9,11-16H2,1H3/t17-/m0/s1. The molecule has 0 saturated carbocycles. The van der Waals surface area contributed by atoms with E-state index >= 15 is 0 Å². The molecule has 0 radical (unpaired) electrons. The molecule has 2 aliphatic heterocycles. The highest BCUT2D eigenvalue weighted by Crippen LogP contribution is 2.18. The zero-order valence-electron chi connectivity index (χ0n) is 15.3. The number of amides is 1. The highest BCUT2D eigenvalue weighted by atomic mass is 16.6. The lowest BCUT2D eigenvalue weighted by atomic mass is 10.0. The number of likely N-dealkylation sites (tertiary alicyclic amines) is 1. The van der Waals surface area contributed by atoms with Crippen molar-refractivity contribution in [2.75, 3.05) is 52.4 Å². The second-order valence-corrected chi connectivity index (χ2v) is 6.94. The fourth-order valence-electron chi connectivity index (χ4n) is 3.91. The maximum atomic E-state index is 11.8. The predicted molar refractivity (Wildman–Crippen MR) is 96.5 cm³/mol. The molecule has 3 heterocycles. The number of ether oxygens (including phenoxy) is 1. The molecule has 2 fully saturated rings. The topological polar surface area (TPSA) is 53.8 Å². The van der Waals surface area contributed by atoms with Crippen molar-refractivity contribution in [2.45, 2.75) is 38.8 Å². The number of aryl methyl sites for hydroxylation is 1. The van der Waals surface area contributed by atoms with Crippen LogP contribution in [0, 0.1) is 0 Å². The molecule has 7 nitrogen and oxygen atoms in total. The normalized spacial score (nSPS) is 22.9. The number of rotatable bonds is 6.